The number of ether oxygens (including phenoxy) is 1. The number of hydrogen-bond acceptors (Lipinski definition) is 7. The third kappa shape index (κ3) is 5.64. The Morgan fingerprint density at radius 3 is 2.81 bits per heavy atom. The Kier molecular flexibility index (Phi) is 8.23. The predicted molar refractivity (Wildman–Crippen MR) is 164 cm³/mol. The number of fused-ring (bicyclic) bond motifs is 3. The molecule has 2 unspecified atom stereocenters. The number of anilines is 1. The molecule has 6 rings (SSSR count). The van der Waals surface area contributed by atoms with Crippen LogP contribution in [0, 0.1) is 5.92 Å². The Balaban J connectivity index is 1.01. The summed E-state index contributed by atoms with van der Waals surface area (Å²) < 4.78 is 12.0. The molecule has 0 aliphatic carbocycles. The number of piperidine rings is 1. The van der Waals surface area contributed by atoms with Crippen molar-refractivity contribution in [1.82, 2.24) is 19.9 Å². The SMILES string of the molecule is CC1CN(C(=O)COCCCCc2nc(N3CCCC3)c3oc4ccccc4c3n2)CCC1(C)c1cc(Cl)c[nH]c1=O. The molecule has 10 heteroatoms. The summed E-state index contributed by atoms with van der Waals surface area (Å²) in [6.07, 6.45) is 6.94. The van der Waals surface area contributed by atoms with Crippen LogP contribution in [0.1, 0.15) is 57.3 Å². The van der Waals surface area contributed by atoms with Gasteiger partial charge in [0.1, 0.15) is 23.5 Å². The molecule has 1 amide bonds. The van der Waals surface area contributed by atoms with Gasteiger partial charge >= 0.3 is 0 Å². The number of nitrogens with one attached hydrogen (secondary N) is 1. The maximum absolute atomic E-state index is 12.9. The molecule has 222 valence electrons. The van der Waals surface area contributed by atoms with E-state index in [2.05, 4.69) is 29.8 Å². The molecule has 4 aromatic rings. The number of aromatic amines is 1. The minimum Gasteiger partial charge on any atom is -0.450 e. The highest BCUT2D eigenvalue weighted by Crippen LogP contribution is 2.38. The van der Waals surface area contributed by atoms with Crippen LogP contribution in [0.4, 0.5) is 5.82 Å². The number of pyridine rings is 1. The van der Waals surface area contributed by atoms with E-state index in [1.54, 1.807) is 6.07 Å². The van der Waals surface area contributed by atoms with Crippen LogP contribution < -0.4 is 10.5 Å². The van der Waals surface area contributed by atoms with Crippen molar-refractivity contribution >= 4 is 45.4 Å². The van der Waals surface area contributed by atoms with Crippen LogP contribution in [0.5, 0.6) is 0 Å². The molecule has 9 nitrogen and oxygen atoms in total. The first kappa shape index (κ1) is 28.7. The van der Waals surface area contributed by atoms with Gasteiger partial charge in [-0.15, -0.1) is 0 Å². The van der Waals surface area contributed by atoms with Crippen LogP contribution in [0.25, 0.3) is 22.1 Å². The van der Waals surface area contributed by atoms with Crippen LogP contribution in [-0.2, 0) is 21.4 Å². The van der Waals surface area contributed by atoms with E-state index in [1.807, 2.05) is 23.1 Å². The van der Waals surface area contributed by atoms with Crippen LogP contribution in [0.2, 0.25) is 5.02 Å². The Morgan fingerprint density at radius 1 is 1.19 bits per heavy atom. The molecular weight excluding hydrogens is 554 g/mol. The molecule has 1 aromatic carbocycles. The molecule has 0 bridgehead atoms. The van der Waals surface area contributed by atoms with Crippen LogP contribution in [0.15, 0.2) is 45.7 Å². The zero-order valence-electron chi connectivity index (χ0n) is 24.3. The predicted octanol–water partition coefficient (Wildman–Crippen LogP) is 5.48. The van der Waals surface area contributed by atoms with Crippen molar-refractivity contribution in [3.05, 3.63) is 63.3 Å². The summed E-state index contributed by atoms with van der Waals surface area (Å²) >= 11 is 6.16. The largest absolute Gasteiger partial charge is 0.450 e. The Bertz CT molecular complexity index is 1650. The van der Waals surface area contributed by atoms with Gasteiger partial charge in [-0.25, -0.2) is 9.97 Å². The summed E-state index contributed by atoms with van der Waals surface area (Å²) in [5.74, 6) is 1.80. The third-order valence-electron chi connectivity index (χ3n) is 9.14. The van der Waals surface area contributed by atoms with Crippen LogP contribution in [0.3, 0.4) is 0 Å². The summed E-state index contributed by atoms with van der Waals surface area (Å²) in [4.78, 5) is 42.1. The van der Waals surface area contributed by atoms with Crippen molar-refractivity contribution in [2.24, 2.45) is 5.92 Å². The van der Waals surface area contributed by atoms with Gasteiger partial charge in [-0.1, -0.05) is 37.6 Å². The molecule has 2 aliphatic rings. The highest BCUT2D eigenvalue weighted by atomic mass is 35.5. The second-order valence-electron chi connectivity index (χ2n) is 11.9. The molecule has 0 saturated carbocycles. The van der Waals surface area contributed by atoms with E-state index in [9.17, 15) is 9.59 Å². The van der Waals surface area contributed by atoms with Crippen LogP contribution >= 0.6 is 11.6 Å². The molecule has 2 aliphatic heterocycles. The van der Waals surface area contributed by atoms with Gasteiger partial charge in [-0.2, -0.15) is 0 Å². The number of aromatic nitrogens is 3. The first-order chi connectivity index (χ1) is 20.3. The van der Waals surface area contributed by atoms with E-state index < -0.39 is 0 Å². The van der Waals surface area contributed by atoms with E-state index in [4.69, 9.17) is 30.7 Å². The zero-order chi connectivity index (χ0) is 29.3. The van der Waals surface area contributed by atoms with Crippen molar-refractivity contribution in [2.75, 3.05) is 44.3 Å². The number of furan rings is 1. The number of carbonyl (C=O) groups is 1. The lowest BCUT2D eigenvalue weighted by Gasteiger charge is -2.44. The second kappa shape index (κ2) is 12.1. The van der Waals surface area contributed by atoms with Crippen molar-refractivity contribution in [3.8, 4) is 0 Å². The number of likely N-dealkylation sites (tertiary alicyclic amines) is 1. The number of benzene rings is 1. The number of nitrogens with zero attached hydrogens (tertiary/aromatic N) is 4. The maximum atomic E-state index is 12.9. The average molecular weight is 592 g/mol. The van der Waals surface area contributed by atoms with E-state index in [0.29, 0.717) is 36.7 Å². The molecule has 1 N–H and O–H groups in total. The normalized spacial score (nSPS) is 21.1. The smallest absolute Gasteiger partial charge is 0.251 e. The van der Waals surface area contributed by atoms with Gasteiger partial charge in [-0.3, -0.25) is 9.59 Å². The minimum absolute atomic E-state index is 0.0141. The summed E-state index contributed by atoms with van der Waals surface area (Å²) in [6.45, 7) is 7.85. The fourth-order valence-electron chi connectivity index (χ4n) is 6.36. The average Bonchev–Trinajstić information content (AvgIpc) is 3.66. The first-order valence-electron chi connectivity index (χ1n) is 15.0. The van der Waals surface area contributed by atoms with Crippen molar-refractivity contribution < 1.29 is 13.9 Å². The van der Waals surface area contributed by atoms with Gasteiger partial charge in [0.05, 0.1) is 5.02 Å². The number of para-hydroxylation sites is 1. The van der Waals surface area contributed by atoms with Gasteiger partial charge in [-0.05, 0) is 56.2 Å². The number of amides is 1. The van der Waals surface area contributed by atoms with Crippen molar-refractivity contribution in [3.63, 3.8) is 0 Å². The van der Waals surface area contributed by atoms with Gasteiger partial charge in [0.25, 0.3) is 5.56 Å². The number of H-pyrrole nitrogens is 1. The summed E-state index contributed by atoms with van der Waals surface area (Å²) in [5, 5.41) is 1.53. The van der Waals surface area contributed by atoms with E-state index >= 15 is 0 Å². The van der Waals surface area contributed by atoms with Gasteiger partial charge in [0.15, 0.2) is 11.4 Å². The number of carbonyl (C=O) groups excluding carboxylic acids is 1. The third-order valence-corrected chi connectivity index (χ3v) is 9.36. The topological polar surface area (TPSA) is 105 Å². The van der Waals surface area contributed by atoms with Crippen LogP contribution in [-0.4, -0.2) is 65.2 Å². The molecule has 2 saturated heterocycles. The van der Waals surface area contributed by atoms with E-state index in [1.165, 1.54) is 6.20 Å². The molecule has 2 atom stereocenters. The first-order valence-corrected chi connectivity index (χ1v) is 15.4. The zero-order valence-corrected chi connectivity index (χ0v) is 25.1. The van der Waals surface area contributed by atoms with Gasteiger partial charge in [0, 0.05) is 61.8 Å². The molecule has 2 fully saturated rings. The quantitative estimate of drug-likeness (QED) is 0.257. The van der Waals surface area contributed by atoms with E-state index in [0.717, 1.165) is 78.9 Å². The number of rotatable bonds is 9. The molecule has 3 aromatic heterocycles. The van der Waals surface area contributed by atoms with E-state index in [-0.39, 0.29) is 29.4 Å². The number of aryl methyl sites for hydroxylation is 1. The summed E-state index contributed by atoms with van der Waals surface area (Å²) in [5.41, 5.74) is 2.71. The Hall–Kier alpha value is -3.43. The maximum Gasteiger partial charge on any atom is 0.251 e. The fourth-order valence-corrected chi connectivity index (χ4v) is 6.52. The lowest BCUT2D eigenvalue weighted by Crippen LogP contribution is -2.51. The molecule has 42 heavy (non-hydrogen) atoms. The summed E-state index contributed by atoms with van der Waals surface area (Å²) in [7, 11) is 0. The molecule has 0 spiro atoms. The van der Waals surface area contributed by atoms with Crippen molar-refractivity contribution in [1.29, 1.82) is 0 Å². The molecule has 0 radical (unpaired) electrons. The standard InChI is InChI=1S/C32H38ClN5O4/c1-21-19-38(15-12-32(21,2)24-17-22(33)18-34-31(24)40)27(39)20-41-16-8-5-11-26-35-28-23-9-3-4-10-25(23)42-29(28)30(36-26)37-13-6-7-14-37/h3-4,9-10,17-18,21H,5-8,11-16,19-20H2,1-2H3,(H,34,40). The number of hydrogen-bond donors (Lipinski definition) is 1. The molecular formula is C32H38ClN5O4. The highest BCUT2D eigenvalue weighted by molar-refractivity contribution is 6.30. The fraction of sp³-hybridized carbons (Fsp3) is 0.500. The number of unbranched alkanes of at least 4 members (excludes halogenated alkanes) is 1. The second-order valence-corrected chi connectivity index (χ2v) is 12.3. The minimum atomic E-state index is -0.349. The Morgan fingerprint density at radius 2 is 2.00 bits per heavy atom. The van der Waals surface area contributed by atoms with Crippen molar-refractivity contribution in [2.45, 2.75) is 57.8 Å². The van der Waals surface area contributed by atoms with Gasteiger partial charge < -0.3 is 23.9 Å². The van der Waals surface area contributed by atoms with Gasteiger partial charge in [0.2, 0.25) is 5.91 Å². The monoisotopic (exact) mass is 591 g/mol. The molecule has 5 heterocycles. The number of halogens is 1. The highest BCUT2D eigenvalue weighted by Gasteiger charge is 2.41. The Labute approximate surface area is 250 Å². The lowest BCUT2D eigenvalue weighted by atomic mass is 9.68. The lowest BCUT2D eigenvalue weighted by molar-refractivity contribution is -0.139. The summed E-state index contributed by atoms with van der Waals surface area (Å²) in [6, 6.07) is 9.78.